The number of aromatic hydroxyl groups is 1. The summed E-state index contributed by atoms with van der Waals surface area (Å²) >= 11 is 0. The molecule has 140 valence electrons. The van der Waals surface area contributed by atoms with Crippen LogP contribution in [0.3, 0.4) is 0 Å². The molecule has 0 aliphatic heterocycles. The van der Waals surface area contributed by atoms with E-state index in [1.807, 2.05) is 0 Å². The van der Waals surface area contributed by atoms with Crippen molar-refractivity contribution >= 4 is 5.82 Å². The number of anilines is 1. The highest BCUT2D eigenvalue weighted by Crippen LogP contribution is 2.37. The lowest BCUT2D eigenvalue weighted by Gasteiger charge is -2.28. The van der Waals surface area contributed by atoms with Crippen LogP contribution in [0.5, 0.6) is 5.75 Å². The van der Waals surface area contributed by atoms with Gasteiger partial charge in [0.15, 0.2) is 11.6 Å². The van der Waals surface area contributed by atoms with Crippen molar-refractivity contribution in [2.45, 2.75) is 50.9 Å². The number of aliphatic hydroxyl groups is 1. The molecule has 26 heavy (non-hydrogen) atoms. The molecule has 0 unspecified atom stereocenters. The Morgan fingerprint density at radius 3 is 2.46 bits per heavy atom. The summed E-state index contributed by atoms with van der Waals surface area (Å²) in [5.41, 5.74) is -0.633. The maximum absolute atomic E-state index is 12.8. The Morgan fingerprint density at radius 2 is 1.88 bits per heavy atom. The first-order chi connectivity index (χ1) is 12.3. The lowest BCUT2D eigenvalue weighted by atomic mass is 9.93. The summed E-state index contributed by atoms with van der Waals surface area (Å²) in [6, 6.07) is 1.45. The van der Waals surface area contributed by atoms with E-state index in [2.05, 4.69) is 20.5 Å². The fraction of sp³-hybridized carbons (Fsp3) is 0.471. The highest BCUT2D eigenvalue weighted by molar-refractivity contribution is 5.68. The largest absolute Gasteiger partial charge is 0.507 e. The second-order valence-corrected chi connectivity index (χ2v) is 6.45. The zero-order valence-corrected chi connectivity index (χ0v) is 14.1. The third kappa shape index (κ3) is 3.87. The SMILES string of the molecule is Cc1cc(C(F)(F)F)cc(O)c1-c1ncc(N[C@@H]2CCCC[C@H]2O)nn1. The molecule has 9 heteroatoms. The molecule has 0 radical (unpaired) electrons. The number of alkyl halides is 3. The number of hydrogen-bond donors (Lipinski definition) is 3. The first-order valence-electron chi connectivity index (χ1n) is 8.31. The molecule has 3 rings (SSSR count). The van der Waals surface area contributed by atoms with E-state index in [0.717, 1.165) is 31.7 Å². The zero-order chi connectivity index (χ0) is 18.9. The number of rotatable bonds is 3. The van der Waals surface area contributed by atoms with Gasteiger partial charge in [0, 0.05) is 0 Å². The Morgan fingerprint density at radius 1 is 1.15 bits per heavy atom. The molecule has 0 saturated heterocycles. The van der Waals surface area contributed by atoms with Crippen LogP contribution in [0.2, 0.25) is 0 Å². The Balaban J connectivity index is 1.82. The first-order valence-corrected chi connectivity index (χ1v) is 8.31. The molecule has 1 saturated carbocycles. The van der Waals surface area contributed by atoms with Crippen molar-refractivity contribution in [3.8, 4) is 17.1 Å². The smallest absolute Gasteiger partial charge is 0.416 e. The Labute approximate surface area is 148 Å². The van der Waals surface area contributed by atoms with Crippen LogP contribution in [0.1, 0.15) is 36.8 Å². The number of benzene rings is 1. The third-order valence-electron chi connectivity index (χ3n) is 4.49. The minimum Gasteiger partial charge on any atom is -0.507 e. The van der Waals surface area contributed by atoms with Crippen LogP contribution < -0.4 is 5.32 Å². The van der Waals surface area contributed by atoms with Crippen molar-refractivity contribution in [2.75, 3.05) is 5.32 Å². The minimum absolute atomic E-state index is 0.0310. The Hall–Kier alpha value is -2.42. The van der Waals surface area contributed by atoms with E-state index in [9.17, 15) is 23.4 Å². The van der Waals surface area contributed by atoms with Gasteiger partial charge < -0.3 is 15.5 Å². The molecular weight excluding hydrogens is 349 g/mol. The number of aryl methyl sites for hydroxylation is 1. The normalized spacial score (nSPS) is 20.8. The average Bonchev–Trinajstić information content (AvgIpc) is 2.57. The number of phenols is 1. The quantitative estimate of drug-likeness (QED) is 0.770. The molecular formula is C17H19F3N4O2. The van der Waals surface area contributed by atoms with Crippen molar-refractivity contribution < 1.29 is 23.4 Å². The van der Waals surface area contributed by atoms with Crippen LogP contribution in [-0.2, 0) is 6.18 Å². The minimum atomic E-state index is -4.55. The second kappa shape index (κ2) is 7.06. The molecule has 0 spiro atoms. The predicted octanol–water partition coefficient (Wildman–Crippen LogP) is 3.29. The van der Waals surface area contributed by atoms with E-state index in [0.29, 0.717) is 11.9 Å². The van der Waals surface area contributed by atoms with Crippen LogP contribution in [0, 0.1) is 6.92 Å². The molecule has 1 aliphatic rings. The molecule has 3 N–H and O–H groups in total. The summed E-state index contributed by atoms with van der Waals surface area (Å²) in [7, 11) is 0. The fourth-order valence-electron chi connectivity index (χ4n) is 3.15. The van der Waals surface area contributed by atoms with Gasteiger partial charge in [-0.15, -0.1) is 10.2 Å². The molecule has 1 heterocycles. The van der Waals surface area contributed by atoms with Gasteiger partial charge in [-0.3, -0.25) is 0 Å². The summed E-state index contributed by atoms with van der Waals surface area (Å²) in [5.74, 6) is -0.158. The molecule has 6 nitrogen and oxygen atoms in total. The fourth-order valence-corrected chi connectivity index (χ4v) is 3.15. The van der Waals surface area contributed by atoms with Crippen LogP contribution in [0.25, 0.3) is 11.4 Å². The van der Waals surface area contributed by atoms with Crippen molar-refractivity contribution in [3.63, 3.8) is 0 Å². The number of aliphatic hydroxyl groups excluding tert-OH is 1. The molecule has 2 aromatic rings. The number of nitrogens with zero attached hydrogens (tertiary/aromatic N) is 3. The number of hydrogen-bond acceptors (Lipinski definition) is 6. The van der Waals surface area contributed by atoms with Gasteiger partial charge in [-0.2, -0.15) is 13.2 Å². The van der Waals surface area contributed by atoms with Crippen molar-refractivity contribution in [2.24, 2.45) is 0 Å². The van der Waals surface area contributed by atoms with Gasteiger partial charge in [0.25, 0.3) is 0 Å². The van der Waals surface area contributed by atoms with E-state index in [-0.39, 0.29) is 23.0 Å². The molecule has 0 bridgehead atoms. The van der Waals surface area contributed by atoms with Gasteiger partial charge in [-0.05, 0) is 37.5 Å². The van der Waals surface area contributed by atoms with Crippen LogP contribution in [0.15, 0.2) is 18.3 Å². The number of nitrogens with one attached hydrogen (secondary N) is 1. The molecule has 1 aromatic carbocycles. The van der Waals surface area contributed by atoms with E-state index >= 15 is 0 Å². The molecule has 1 fully saturated rings. The van der Waals surface area contributed by atoms with E-state index in [1.165, 1.54) is 13.1 Å². The van der Waals surface area contributed by atoms with E-state index in [1.54, 1.807) is 0 Å². The van der Waals surface area contributed by atoms with Gasteiger partial charge in [-0.25, -0.2) is 4.98 Å². The lowest BCUT2D eigenvalue weighted by molar-refractivity contribution is -0.137. The number of phenolic OH excluding ortho intramolecular Hbond substituents is 1. The molecule has 0 amide bonds. The standard InChI is InChI=1S/C17H19F3N4O2/c1-9-6-10(17(18,19)20)7-13(26)15(9)16-21-8-14(23-24-16)22-11-4-2-3-5-12(11)25/h6-8,11-12,25-26H,2-5H2,1H3,(H,22,23)/t11-,12-/m1/s1. The van der Waals surface area contributed by atoms with Gasteiger partial charge in [0.1, 0.15) is 5.75 Å². The van der Waals surface area contributed by atoms with Gasteiger partial charge in [0.2, 0.25) is 0 Å². The monoisotopic (exact) mass is 368 g/mol. The van der Waals surface area contributed by atoms with E-state index < -0.39 is 23.6 Å². The molecule has 1 aliphatic carbocycles. The molecule has 1 aromatic heterocycles. The first kappa shape index (κ1) is 18.4. The van der Waals surface area contributed by atoms with Gasteiger partial charge in [-0.1, -0.05) is 12.8 Å². The lowest BCUT2D eigenvalue weighted by Crippen LogP contribution is -2.36. The van der Waals surface area contributed by atoms with Crippen LogP contribution in [-0.4, -0.2) is 37.5 Å². The van der Waals surface area contributed by atoms with E-state index in [4.69, 9.17) is 0 Å². The average molecular weight is 368 g/mol. The maximum atomic E-state index is 12.8. The van der Waals surface area contributed by atoms with Crippen molar-refractivity contribution in [1.82, 2.24) is 15.2 Å². The zero-order valence-electron chi connectivity index (χ0n) is 14.1. The van der Waals surface area contributed by atoms with Crippen LogP contribution >= 0.6 is 0 Å². The summed E-state index contributed by atoms with van der Waals surface area (Å²) in [4.78, 5) is 4.09. The summed E-state index contributed by atoms with van der Waals surface area (Å²) in [6.07, 6.45) is -0.111. The summed E-state index contributed by atoms with van der Waals surface area (Å²) in [6.45, 7) is 1.44. The molecule has 2 atom stereocenters. The third-order valence-corrected chi connectivity index (χ3v) is 4.49. The highest BCUT2D eigenvalue weighted by atomic mass is 19.4. The van der Waals surface area contributed by atoms with Crippen molar-refractivity contribution in [1.29, 1.82) is 0 Å². The van der Waals surface area contributed by atoms with Gasteiger partial charge in [0.05, 0.1) is 29.5 Å². The Bertz CT molecular complexity index is 758. The predicted molar refractivity (Wildman–Crippen MR) is 88.6 cm³/mol. The van der Waals surface area contributed by atoms with Gasteiger partial charge >= 0.3 is 6.18 Å². The Kier molecular flexibility index (Phi) is 4.99. The maximum Gasteiger partial charge on any atom is 0.416 e. The van der Waals surface area contributed by atoms with Crippen molar-refractivity contribution in [3.05, 3.63) is 29.5 Å². The summed E-state index contributed by atoms with van der Waals surface area (Å²) < 4.78 is 38.4. The topological polar surface area (TPSA) is 91.2 Å². The summed E-state index contributed by atoms with van der Waals surface area (Å²) in [5, 5.41) is 30.9. The number of halogens is 3. The van der Waals surface area contributed by atoms with Crippen LogP contribution in [0.4, 0.5) is 19.0 Å². The number of aromatic nitrogens is 3. The highest BCUT2D eigenvalue weighted by Gasteiger charge is 2.32. The second-order valence-electron chi connectivity index (χ2n) is 6.45.